The van der Waals surface area contributed by atoms with Gasteiger partial charge >= 0.3 is 0 Å². The second kappa shape index (κ2) is 8.09. The molecule has 0 saturated carbocycles. The first-order chi connectivity index (χ1) is 13.6. The molecule has 7 heteroatoms. The summed E-state index contributed by atoms with van der Waals surface area (Å²) in [5, 5.41) is 14.3. The van der Waals surface area contributed by atoms with E-state index >= 15 is 0 Å². The van der Waals surface area contributed by atoms with E-state index in [0.29, 0.717) is 28.6 Å². The van der Waals surface area contributed by atoms with Gasteiger partial charge in [0.1, 0.15) is 11.5 Å². The number of aromatic nitrogens is 3. The van der Waals surface area contributed by atoms with E-state index in [1.165, 1.54) is 6.07 Å². The summed E-state index contributed by atoms with van der Waals surface area (Å²) >= 11 is 5.93. The molecule has 3 aromatic rings. The van der Waals surface area contributed by atoms with E-state index in [4.69, 9.17) is 16.9 Å². The zero-order valence-corrected chi connectivity index (χ0v) is 16.0. The lowest BCUT2D eigenvalue weighted by atomic mass is 9.98. The predicted octanol–water partition coefficient (Wildman–Crippen LogP) is 4.46. The molecule has 0 N–H and O–H groups in total. The van der Waals surface area contributed by atoms with Crippen LogP contribution in [0.1, 0.15) is 18.4 Å². The molecule has 4 rings (SSSR count). The highest BCUT2D eigenvalue weighted by atomic mass is 35.5. The first kappa shape index (κ1) is 18.6. The van der Waals surface area contributed by atoms with Gasteiger partial charge in [0, 0.05) is 36.0 Å². The Kier molecular flexibility index (Phi) is 5.38. The van der Waals surface area contributed by atoms with E-state index < -0.39 is 0 Å². The number of hydrogen-bond donors (Lipinski definition) is 0. The number of rotatable bonds is 4. The number of halogens is 2. The first-order valence-electron chi connectivity index (χ1n) is 9.21. The predicted molar refractivity (Wildman–Crippen MR) is 105 cm³/mol. The molecule has 0 radical (unpaired) electrons. The van der Waals surface area contributed by atoms with Gasteiger partial charge in [-0.1, -0.05) is 23.7 Å². The summed E-state index contributed by atoms with van der Waals surface area (Å²) in [6, 6.07) is 12.5. The molecule has 3 heterocycles. The zero-order valence-electron chi connectivity index (χ0n) is 15.2. The second-order valence-corrected chi connectivity index (χ2v) is 7.38. The monoisotopic (exact) mass is 395 g/mol. The Balaban J connectivity index is 1.68. The quantitative estimate of drug-likeness (QED) is 0.654. The summed E-state index contributed by atoms with van der Waals surface area (Å²) in [5.41, 5.74) is 2.01. The molecule has 0 spiro atoms. The summed E-state index contributed by atoms with van der Waals surface area (Å²) in [6.07, 6.45) is 5.18. The highest BCUT2D eigenvalue weighted by Crippen LogP contribution is 2.28. The molecule has 1 aromatic carbocycles. The maximum Gasteiger partial charge on any atom is 0.153 e. The van der Waals surface area contributed by atoms with Crippen molar-refractivity contribution in [3.05, 3.63) is 65.2 Å². The number of likely N-dealkylation sites (tertiary alicyclic amines) is 1. The molecular formula is C21H19ClFN5. The highest BCUT2D eigenvalue weighted by Gasteiger charge is 2.22. The van der Waals surface area contributed by atoms with Crippen LogP contribution in [0.15, 0.2) is 48.8 Å². The van der Waals surface area contributed by atoms with E-state index in [1.54, 1.807) is 41.2 Å². The molecule has 0 atom stereocenters. The van der Waals surface area contributed by atoms with Crippen molar-refractivity contribution in [3.63, 3.8) is 0 Å². The summed E-state index contributed by atoms with van der Waals surface area (Å²) < 4.78 is 16.1. The SMILES string of the molecule is N#CC1CCN(Cc2cn(-c3ccc(Cl)cn3)nc2-c2ccccc2F)CC1. The molecule has 1 aliphatic rings. The van der Waals surface area contributed by atoms with Gasteiger partial charge in [0.2, 0.25) is 0 Å². The minimum atomic E-state index is -0.304. The van der Waals surface area contributed by atoms with Crippen LogP contribution in [0.2, 0.25) is 5.02 Å². The number of nitriles is 1. The number of hydrogen-bond acceptors (Lipinski definition) is 4. The minimum Gasteiger partial charge on any atom is -0.299 e. The van der Waals surface area contributed by atoms with Crippen LogP contribution in [-0.2, 0) is 6.54 Å². The Morgan fingerprint density at radius 3 is 2.64 bits per heavy atom. The molecule has 0 amide bonds. The van der Waals surface area contributed by atoms with E-state index in [2.05, 4.69) is 21.1 Å². The lowest BCUT2D eigenvalue weighted by Gasteiger charge is -2.28. The van der Waals surface area contributed by atoms with Gasteiger partial charge in [-0.2, -0.15) is 10.4 Å². The topological polar surface area (TPSA) is 57.7 Å². The Morgan fingerprint density at radius 1 is 1.18 bits per heavy atom. The smallest absolute Gasteiger partial charge is 0.153 e. The van der Waals surface area contributed by atoms with Gasteiger partial charge in [-0.3, -0.25) is 4.90 Å². The van der Waals surface area contributed by atoms with E-state index in [1.807, 2.05) is 6.20 Å². The van der Waals surface area contributed by atoms with Crippen molar-refractivity contribution in [2.45, 2.75) is 19.4 Å². The summed E-state index contributed by atoms with van der Waals surface area (Å²) in [7, 11) is 0. The molecular weight excluding hydrogens is 377 g/mol. The normalized spacial score (nSPS) is 15.5. The Hall–Kier alpha value is -2.75. The summed E-state index contributed by atoms with van der Waals surface area (Å²) in [5.74, 6) is 0.445. The summed E-state index contributed by atoms with van der Waals surface area (Å²) in [6.45, 7) is 2.34. The lowest BCUT2D eigenvalue weighted by molar-refractivity contribution is 0.198. The van der Waals surface area contributed by atoms with Gasteiger partial charge in [0.25, 0.3) is 0 Å². The molecule has 1 fully saturated rings. The largest absolute Gasteiger partial charge is 0.299 e. The molecule has 5 nitrogen and oxygen atoms in total. The maximum absolute atomic E-state index is 14.5. The number of benzene rings is 1. The number of nitrogens with zero attached hydrogens (tertiary/aromatic N) is 5. The standard InChI is InChI=1S/C21H19ClFN5/c22-17-5-6-20(25-12-17)28-14-16(13-27-9-7-15(11-24)8-10-27)21(26-28)18-3-1-2-4-19(18)23/h1-6,12,14-15H,7-10,13H2. The van der Waals surface area contributed by atoms with E-state index in [9.17, 15) is 4.39 Å². The molecule has 0 unspecified atom stereocenters. The van der Waals surface area contributed by atoms with Crippen molar-refractivity contribution in [3.8, 4) is 23.1 Å². The fourth-order valence-electron chi connectivity index (χ4n) is 3.49. The van der Waals surface area contributed by atoms with Gasteiger partial charge in [0.05, 0.1) is 11.1 Å². The van der Waals surface area contributed by atoms with Crippen LogP contribution in [0.5, 0.6) is 0 Å². The fourth-order valence-corrected chi connectivity index (χ4v) is 3.60. The van der Waals surface area contributed by atoms with Crippen LogP contribution >= 0.6 is 11.6 Å². The number of piperidine rings is 1. The summed E-state index contributed by atoms with van der Waals surface area (Å²) in [4.78, 5) is 6.60. The van der Waals surface area contributed by atoms with Crippen LogP contribution in [0.3, 0.4) is 0 Å². The van der Waals surface area contributed by atoms with Gasteiger partial charge in [-0.25, -0.2) is 14.1 Å². The van der Waals surface area contributed by atoms with Gasteiger partial charge in [-0.15, -0.1) is 0 Å². The number of pyridine rings is 1. The molecule has 1 aliphatic heterocycles. The average Bonchev–Trinajstić information content (AvgIpc) is 3.13. The third kappa shape index (κ3) is 3.91. The Labute approximate surface area is 168 Å². The Bertz CT molecular complexity index is 1000. The lowest BCUT2D eigenvalue weighted by Crippen LogP contribution is -2.32. The minimum absolute atomic E-state index is 0.128. The molecule has 0 aliphatic carbocycles. The van der Waals surface area contributed by atoms with E-state index in [0.717, 1.165) is 31.5 Å². The molecule has 142 valence electrons. The maximum atomic E-state index is 14.5. The van der Waals surface area contributed by atoms with E-state index in [-0.39, 0.29) is 11.7 Å². The van der Waals surface area contributed by atoms with Crippen LogP contribution in [-0.4, -0.2) is 32.8 Å². The van der Waals surface area contributed by atoms with Crippen LogP contribution in [0.25, 0.3) is 17.1 Å². The van der Waals surface area contributed by atoms with Crippen LogP contribution in [0.4, 0.5) is 4.39 Å². The van der Waals surface area contributed by atoms with Crippen molar-refractivity contribution in [2.75, 3.05) is 13.1 Å². The van der Waals surface area contributed by atoms with Crippen molar-refractivity contribution in [1.82, 2.24) is 19.7 Å². The van der Waals surface area contributed by atoms with Crippen molar-refractivity contribution < 1.29 is 4.39 Å². The highest BCUT2D eigenvalue weighted by molar-refractivity contribution is 6.30. The van der Waals surface area contributed by atoms with Crippen LogP contribution < -0.4 is 0 Å². The molecule has 0 bridgehead atoms. The van der Waals surface area contributed by atoms with Crippen molar-refractivity contribution >= 4 is 11.6 Å². The molecule has 28 heavy (non-hydrogen) atoms. The third-order valence-corrected chi connectivity index (χ3v) is 5.25. The average molecular weight is 396 g/mol. The van der Waals surface area contributed by atoms with Crippen molar-refractivity contribution in [2.24, 2.45) is 5.92 Å². The molecule has 2 aromatic heterocycles. The third-order valence-electron chi connectivity index (χ3n) is 5.03. The first-order valence-corrected chi connectivity index (χ1v) is 9.59. The second-order valence-electron chi connectivity index (χ2n) is 6.94. The van der Waals surface area contributed by atoms with Gasteiger partial charge < -0.3 is 0 Å². The van der Waals surface area contributed by atoms with Crippen molar-refractivity contribution in [1.29, 1.82) is 5.26 Å². The van der Waals surface area contributed by atoms with Crippen LogP contribution in [0, 0.1) is 23.1 Å². The Morgan fingerprint density at radius 2 is 1.96 bits per heavy atom. The van der Waals surface area contributed by atoms with Gasteiger partial charge in [0.15, 0.2) is 5.82 Å². The van der Waals surface area contributed by atoms with Gasteiger partial charge in [-0.05, 0) is 50.2 Å². The fraction of sp³-hybridized carbons (Fsp3) is 0.286. The molecule has 1 saturated heterocycles. The zero-order chi connectivity index (χ0) is 19.5.